The lowest BCUT2D eigenvalue weighted by atomic mass is 9.99. The van der Waals surface area contributed by atoms with Crippen molar-refractivity contribution in [3.05, 3.63) is 34.7 Å². The van der Waals surface area contributed by atoms with Crippen molar-refractivity contribution in [1.29, 1.82) is 0 Å². The van der Waals surface area contributed by atoms with Gasteiger partial charge in [-0.05, 0) is 43.9 Å². The molecule has 1 aromatic heterocycles. The SMILES string of the molecule is C/C=C/c1c(C)[nH]c2c1CCC=C2. The van der Waals surface area contributed by atoms with Crippen LogP contribution in [0.2, 0.25) is 0 Å². The van der Waals surface area contributed by atoms with Crippen LogP contribution in [-0.4, -0.2) is 4.98 Å². The topological polar surface area (TPSA) is 15.8 Å². The van der Waals surface area contributed by atoms with Crippen LogP contribution in [0.1, 0.15) is 35.9 Å². The number of aromatic nitrogens is 1. The molecule has 0 saturated heterocycles. The molecule has 0 atom stereocenters. The van der Waals surface area contributed by atoms with E-state index in [9.17, 15) is 0 Å². The van der Waals surface area contributed by atoms with Crippen molar-refractivity contribution in [3.8, 4) is 0 Å². The van der Waals surface area contributed by atoms with E-state index in [1.54, 1.807) is 0 Å². The Balaban J connectivity index is 2.55. The van der Waals surface area contributed by atoms with E-state index < -0.39 is 0 Å². The number of allylic oxidation sites excluding steroid dienone is 2. The molecule has 1 aliphatic rings. The lowest BCUT2D eigenvalue weighted by molar-refractivity contribution is 0.983. The second kappa shape index (κ2) is 3.25. The molecular formula is C12H15N. The third kappa shape index (κ3) is 1.35. The summed E-state index contributed by atoms with van der Waals surface area (Å²) < 4.78 is 0. The van der Waals surface area contributed by atoms with E-state index in [-0.39, 0.29) is 0 Å². The minimum absolute atomic E-state index is 1.18. The summed E-state index contributed by atoms with van der Waals surface area (Å²) in [4.78, 5) is 3.41. The lowest BCUT2D eigenvalue weighted by Crippen LogP contribution is -1.91. The molecule has 0 unspecified atom stereocenters. The van der Waals surface area contributed by atoms with Gasteiger partial charge in [-0.3, -0.25) is 0 Å². The van der Waals surface area contributed by atoms with Crippen LogP contribution in [0.3, 0.4) is 0 Å². The van der Waals surface area contributed by atoms with E-state index in [0.29, 0.717) is 0 Å². The maximum atomic E-state index is 3.41. The van der Waals surface area contributed by atoms with Crippen molar-refractivity contribution in [2.75, 3.05) is 0 Å². The summed E-state index contributed by atoms with van der Waals surface area (Å²) in [5.41, 5.74) is 5.46. The molecule has 1 N–H and O–H groups in total. The summed E-state index contributed by atoms with van der Waals surface area (Å²) in [6.07, 6.45) is 11.1. The largest absolute Gasteiger partial charge is 0.358 e. The van der Waals surface area contributed by atoms with Gasteiger partial charge in [-0.25, -0.2) is 0 Å². The first kappa shape index (κ1) is 8.36. The summed E-state index contributed by atoms with van der Waals surface area (Å²) in [6, 6.07) is 0. The van der Waals surface area contributed by atoms with Crippen LogP contribution >= 0.6 is 0 Å². The number of hydrogen-bond acceptors (Lipinski definition) is 0. The van der Waals surface area contributed by atoms with E-state index in [1.165, 1.54) is 35.4 Å². The molecule has 0 amide bonds. The van der Waals surface area contributed by atoms with Crippen LogP contribution in [0.5, 0.6) is 0 Å². The van der Waals surface area contributed by atoms with Crippen molar-refractivity contribution in [2.45, 2.75) is 26.7 Å². The van der Waals surface area contributed by atoms with E-state index >= 15 is 0 Å². The molecule has 0 radical (unpaired) electrons. The average Bonchev–Trinajstić information content (AvgIpc) is 2.44. The Bertz CT molecular complexity index is 367. The second-order valence-electron chi connectivity index (χ2n) is 3.50. The zero-order valence-electron chi connectivity index (χ0n) is 8.22. The predicted octanol–water partition coefficient (Wildman–Crippen LogP) is 3.32. The van der Waals surface area contributed by atoms with Crippen molar-refractivity contribution < 1.29 is 0 Å². The highest BCUT2D eigenvalue weighted by molar-refractivity contribution is 5.66. The highest BCUT2D eigenvalue weighted by Gasteiger charge is 2.12. The fourth-order valence-corrected chi connectivity index (χ4v) is 1.95. The Kier molecular flexibility index (Phi) is 2.09. The maximum Gasteiger partial charge on any atom is 0.0418 e. The molecule has 1 nitrogen and oxygen atoms in total. The average molecular weight is 173 g/mol. The van der Waals surface area contributed by atoms with E-state index in [0.717, 1.165) is 0 Å². The molecule has 0 spiro atoms. The Morgan fingerprint density at radius 1 is 1.46 bits per heavy atom. The highest BCUT2D eigenvalue weighted by Crippen LogP contribution is 2.26. The van der Waals surface area contributed by atoms with Crippen molar-refractivity contribution in [2.24, 2.45) is 0 Å². The van der Waals surface area contributed by atoms with Gasteiger partial charge >= 0.3 is 0 Å². The number of fused-ring (bicyclic) bond motifs is 1. The normalized spacial score (nSPS) is 15.2. The zero-order valence-corrected chi connectivity index (χ0v) is 8.22. The van der Waals surface area contributed by atoms with E-state index in [2.05, 4.69) is 43.1 Å². The molecule has 0 aromatic carbocycles. The molecule has 0 bridgehead atoms. The van der Waals surface area contributed by atoms with Crippen LogP contribution in [-0.2, 0) is 6.42 Å². The standard InChI is InChI=1S/C12H15N/c1-3-6-10-9(2)13-12-8-5-4-7-11(10)12/h3,5-6,8,13H,4,7H2,1-2H3/b6-3+. The third-order valence-corrected chi connectivity index (χ3v) is 2.56. The molecule has 0 fully saturated rings. The van der Waals surface area contributed by atoms with Crippen molar-refractivity contribution >= 4 is 12.2 Å². The van der Waals surface area contributed by atoms with Crippen molar-refractivity contribution in [3.63, 3.8) is 0 Å². The number of hydrogen-bond donors (Lipinski definition) is 1. The Morgan fingerprint density at radius 2 is 2.31 bits per heavy atom. The predicted molar refractivity (Wildman–Crippen MR) is 57.6 cm³/mol. The molecule has 1 aromatic rings. The number of rotatable bonds is 1. The number of aryl methyl sites for hydroxylation is 1. The lowest BCUT2D eigenvalue weighted by Gasteiger charge is -2.05. The number of aromatic amines is 1. The van der Waals surface area contributed by atoms with Crippen LogP contribution in [0.15, 0.2) is 12.2 Å². The van der Waals surface area contributed by atoms with Gasteiger partial charge in [0, 0.05) is 11.4 Å². The first-order valence-electron chi connectivity index (χ1n) is 4.83. The molecule has 0 saturated carbocycles. The van der Waals surface area contributed by atoms with Gasteiger partial charge in [0.2, 0.25) is 0 Å². The molecule has 1 aliphatic carbocycles. The quantitative estimate of drug-likeness (QED) is 0.670. The first-order valence-corrected chi connectivity index (χ1v) is 4.83. The molecule has 0 aliphatic heterocycles. The fourth-order valence-electron chi connectivity index (χ4n) is 1.95. The Labute approximate surface area is 79.2 Å². The summed E-state index contributed by atoms with van der Waals surface area (Å²) in [5, 5.41) is 0. The second-order valence-corrected chi connectivity index (χ2v) is 3.50. The minimum Gasteiger partial charge on any atom is -0.358 e. The fraction of sp³-hybridized carbons (Fsp3) is 0.333. The van der Waals surface area contributed by atoms with Gasteiger partial charge in [-0.1, -0.05) is 18.2 Å². The van der Waals surface area contributed by atoms with Gasteiger partial charge in [-0.15, -0.1) is 0 Å². The van der Waals surface area contributed by atoms with Gasteiger partial charge in [0.1, 0.15) is 0 Å². The van der Waals surface area contributed by atoms with Crippen LogP contribution in [0, 0.1) is 6.92 Å². The third-order valence-electron chi connectivity index (χ3n) is 2.56. The summed E-state index contributed by atoms with van der Waals surface area (Å²) in [6.45, 7) is 4.21. The van der Waals surface area contributed by atoms with Crippen LogP contribution in [0.4, 0.5) is 0 Å². The van der Waals surface area contributed by atoms with E-state index in [4.69, 9.17) is 0 Å². The van der Waals surface area contributed by atoms with E-state index in [1.807, 2.05) is 0 Å². The first-order chi connectivity index (χ1) is 6.33. The van der Waals surface area contributed by atoms with Gasteiger partial charge in [0.15, 0.2) is 0 Å². The number of H-pyrrole nitrogens is 1. The molecule has 68 valence electrons. The Hall–Kier alpha value is -1.24. The Morgan fingerprint density at radius 3 is 3.08 bits per heavy atom. The monoisotopic (exact) mass is 173 g/mol. The molecule has 1 heterocycles. The van der Waals surface area contributed by atoms with Gasteiger partial charge in [0.25, 0.3) is 0 Å². The summed E-state index contributed by atoms with van der Waals surface area (Å²) in [7, 11) is 0. The summed E-state index contributed by atoms with van der Waals surface area (Å²) >= 11 is 0. The maximum absolute atomic E-state index is 3.41. The van der Waals surface area contributed by atoms with Gasteiger partial charge in [0.05, 0.1) is 0 Å². The molecule has 13 heavy (non-hydrogen) atoms. The van der Waals surface area contributed by atoms with Gasteiger partial charge < -0.3 is 4.98 Å². The smallest absolute Gasteiger partial charge is 0.0418 e. The zero-order chi connectivity index (χ0) is 9.26. The van der Waals surface area contributed by atoms with Gasteiger partial charge in [-0.2, -0.15) is 0 Å². The number of nitrogens with one attached hydrogen (secondary N) is 1. The molecular weight excluding hydrogens is 158 g/mol. The molecule has 1 heteroatoms. The summed E-state index contributed by atoms with van der Waals surface area (Å²) in [5.74, 6) is 0. The molecule has 2 rings (SSSR count). The highest BCUT2D eigenvalue weighted by atomic mass is 14.7. The van der Waals surface area contributed by atoms with Crippen LogP contribution < -0.4 is 0 Å². The van der Waals surface area contributed by atoms with Crippen LogP contribution in [0.25, 0.3) is 12.2 Å². The minimum atomic E-state index is 1.18. The van der Waals surface area contributed by atoms with Crippen molar-refractivity contribution in [1.82, 2.24) is 4.98 Å².